The van der Waals surface area contributed by atoms with E-state index in [4.69, 9.17) is 16.3 Å². The number of nitrogens with one attached hydrogen (secondary N) is 1. The molecule has 0 radical (unpaired) electrons. The summed E-state index contributed by atoms with van der Waals surface area (Å²) >= 11 is 6.16. The number of hydrogen-bond donors (Lipinski definition) is 1. The first-order valence-corrected chi connectivity index (χ1v) is 11.2. The summed E-state index contributed by atoms with van der Waals surface area (Å²) < 4.78 is 21.3. The van der Waals surface area contributed by atoms with Crippen LogP contribution in [0.1, 0.15) is 54.2 Å². The van der Waals surface area contributed by atoms with Gasteiger partial charge in [-0.15, -0.1) is 0 Å². The zero-order valence-corrected chi connectivity index (χ0v) is 19.0. The van der Waals surface area contributed by atoms with Gasteiger partial charge in [0, 0.05) is 30.2 Å². The molecule has 1 aliphatic heterocycles. The molecule has 4 rings (SSSR count). The van der Waals surface area contributed by atoms with Crippen LogP contribution in [0, 0.1) is 5.82 Å². The maximum atomic E-state index is 14.0. The van der Waals surface area contributed by atoms with Crippen molar-refractivity contribution in [3.8, 4) is 5.69 Å². The second kappa shape index (κ2) is 9.43. The molecule has 5 nitrogen and oxygen atoms in total. The predicted octanol–water partition coefficient (Wildman–Crippen LogP) is 5.27. The minimum atomic E-state index is -0.364. The fourth-order valence-corrected chi connectivity index (χ4v) is 4.58. The molecule has 1 fully saturated rings. The zero-order chi connectivity index (χ0) is 22.7. The summed E-state index contributed by atoms with van der Waals surface area (Å²) in [4.78, 5) is 13.3. The lowest BCUT2D eigenvalue weighted by atomic mass is 9.74. The van der Waals surface area contributed by atoms with Crippen LogP contribution in [0.25, 0.3) is 5.69 Å². The largest absolute Gasteiger partial charge is 0.381 e. The maximum Gasteiger partial charge on any atom is 0.254 e. The Morgan fingerprint density at radius 1 is 1.22 bits per heavy atom. The zero-order valence-electron chi connectivity index (χ0n) is 18.3. The molecular weight excluding hydrogens is 429 g/mol. The van der Waals surface area contributed by atoms with Crippen molar-refractivity contribution >= 4 is 17.5 Å². The second-order valence-corrected chi connectivity index (χ2v) is 9.01. The molecular formula is C25H27ClFN3O2. The van der Waals surface area contributed by atoms with Crippen LogP contribution in [0.2, 0.25) is 5.02 Å². The standard InChI is InChI=1S/C25H27ClFN3O2/c1-17(2)23-22(15-29-30(23)21-8-4-6-19(26)14-21)24(31)28-16-25(9-11-32-12-10-25)18-5-3-7-20(27)13-18/h3-8,13-15,17H,9-12,16H2,1-2H3,(H,28,31). The third-order valence-electron chi connectivity index (χ3n) is 6.12. The van der Waals surface area contributed by atoms with Crippen LogP contribution in [0.3, 0.4) is 0 Å². The summed E-state index contributed by atoms with van der Waals surface area (Å²) in [5.74, 6) is -0.397. The van der Waals surface area contributed by atoms with E-state index in [0.717, 1.165) is 29.8 Å². The van der Waals surface area contributed by atoms with E-state index in [2.05, 4.69) is 10.4 Å². The van der Waals surface area contributed by atoms with Crippen molar-refractivity contribution in [1.82, 2.24) is 15.1 Å². The van der Waals surface area contributed by atoms with Crippen LogP contribution >= 0.6 is 11.6 Å². The first kappa shape index (κ1) is 22.5. The molecule has 168 valence electrons. The van der Waals surface area contributed by atoms with Crippen molar-refractivity contribution in [3.63, 3.8) is 0 Å². The normalized spacial score (nSPS) is 15.7. The molecule has 0 unspecified atom stereocenters. The third kappa shape index (κ3) is 4.57. The highest BCUT2D eigenvalue weighted by Gasteiger charge is 2.35. The summed E-state index contributed by atoms with van der Waals surface area (Å²) in [5.41, 5.74) is 2.68. The van der Waals surface area contributed by atoms with Crippen LogP contribution in [0.4, 0.5) is 4.39 Å². The molecule has 3 aromatic rings. The molecule has 32 heavy (non-hydrogen) atoms. The second-order valence-electron chi connectivity index (χ2n) is 8.58. The van der Waals surface area contributed by atoms with Crippen molar-refractivity contribution in [2.75, 3.05) is 19.8 Å². The minimum absolute atomic E-state index is 0.0671. The van der Waals surface area contributed by atoms with Crippen LogP contribution in [0.15, 0.2) is 54.7 Å². The van der Waals surface area contributed by atoms with Crippen molar-refractivity contribution in [1.29, 1.82) is 0 Å². The van der Waals surface area contributed by atoms with Gasteiger partial charge in [0.1, 0.15) is 5.82 Å². The van der Waals surface area contributed by atoms with Crippen LogP contribution < -0.4 is 5.32 Å². The van der Waals surface area contributed by atoms with E-state index in [1.807, 2.05) is 38.1 Å². The molecule has 1 N–H and O–H groups in total. The number of amides is 1. The van der Waals surface area contributed by atoms with E-state index in [1.54, 1.807) is 29.1 Å². The number of hydrogen-bond acceptors (Lipinski definition) is 3. The number of carbonyl (C=O) groups excluding carboxylic acids is 1. The van der Waals surface area contributed by atoms with Crippen molar-refractivity contribution in [3.05, 3.63) is 82.4 Å². The van der Waals surface area contributed by atoms with Crippen molar-refractivity contribution in [2.24, 2.45) is 0 Å². The van der Waals surface area contributed by atoms with Gasteiger partial charge in [0.05, 0.1) is 23.1 Å². The summed E-state index contributed by atoms with van der Waals surface area (Å²) in [6.45, 7) is 5.62. The van der Waals surface area contributed by atoms with Crippen molar-refractivity contribution in [2.45, 2.75) is 38.0 Å². The van der Waals surface area contributed by atoms with E-state index in [0.29, 0.717) is 30.3 Å². The molecule has 7 heteroatoms. The molecule has 1 saturated heterocycles. The molecule has 1 amide bonds. The first-order chi connectivity index (χ1) is 15.4. The van der Waals surface area contributed by atoms with E-state index >= 15 is 0 Å². The van der Waals surface area contributed by atoms with Gasteiger partial charge in [0.15, 0.2) is 0 Å². The van der Waals surface area contributed by atoms with E-state index in [9.17, 15) is 9.18 Å². The minimum Gasteiger partial charge on any atom is -0.381 e. The molecule has 1 aromatic heterocycles. The SMILES string of the molecule is CC(C)c1c(C(=O)NCC2(c3cccc(F)c3)CCOCC2)cnn1-c1cccc(Cl)c1. The van der Waals surface area contributed by atoms with Gasteiger partial charge in [-0.05, 0) is 54.7 Å². The molecule has 0 bridgehead atoms. The van der Waals surface area contributed by atoms with Gasteiger partial charge >= 0.3 is 0 Å². The maximum absolute atomic E-state index is 14.0. The van der Waals surface area contributed by atoms with Crippen LogP contribution in [0.5, 0.6) is 0 Å². The monoisotopic (exact) mass is 455 g/mol. The Bertz CT molecular complexity index is 1110. The highest BCUT2D eigenvalue weighted by Crippen LogP contribution is 2.35. The average Bonchev–Trinajstić information content (AvgIpc) is 3.24. The summed E-state index contributed by atoms with van der Waals surface area (Å²) in [5, 5.41) is 8.19. The van der Waals surface area contributed by atoms with Gasteiger partial charge in [-0.25, -0.2) is 9.07 Å². The Morgan fingerprint density at radius 3 is 2.66 bits per heavy atom. The third-order valence-corrected chi connectivity index (χ3v) is 6.36. The lowest BCUT2D eigenvalue weighted by molar-refractivity contribution is 0.0486. The van der Waals surface area contributed by atoms with E-state index in [-0.39, 0.29) is 23.1 Å². The Balaban J connectivity index is 1.61. The lowest BCUT2D eigenvalue weighted by Gasteiger charge is -2.38. The number of nitrogens with zero attached hydrogens (tertiary/aromatic N) is 2. The number of ether oxygens (including phenoxy) is 1. The molecule has 0 spiro atoms. The smallest absolute Gasteiger partial charge is 0.254 e. The van der Waals surface area contributed by atoms with E-state index < -0.39 is 0 Å². The summed E-state index contributed by atoms with van der Waals surface area (Å²) in [6, 6.07) is 14.0. The van der Waals surface area contributed by atoms with Gasteiger partial charge in [-0.1, -0.05) is 43.6 Å². The van der Waals surface area contributed by atoms with Gasteiger partial charge < -0.3 is 10.1 Å². The van der Waals surface area contributed by atoms with E-state index in [1.165, 1.54) is 6.07 Å². The predicted molar refractivity (Wildman–Crippen MR) is 123 cm³/mol. The molecule has 0 aliphatic carbocycles. The highest BCUT2D eigenvalue weighted by atomic mass is 35.5. The topological polar surface area (TPSA) is 56.1 Å². The van der Waals surface area contributed by atoms with Gasteiger partial charge in [-0.2, -0.15) is 5.10 Å². The molecule has 1 aliphatic rings. The fourth-order valence-electron chi connectivity index (χ4n) is 4.39. The molecule has 2 aromatic carbocycles. The Morgan fingerprint density at radius 2 is 1.97 bits per heavy atom. The Hall–Kier alpha value is -2.70. The van der Waals surface area contributed by atoms with Gasteiger partial charge in [-0.3, -0.25) is 4.79 Å². The quantitative estimate of drug-likeness (QED) is 0.551. The Kier molecular flexibility index (Phi) is 6.63. The Labute approximate surface area is 192 Å². The number of aromatic nitrogens is 2. The van der Waals surface area contributed by atoms with Gasteiger partial charge in [0.2, 0.25) is 0 Å². The van der Waals surface area contributed by atoms with Crippen LogP contribution in [-0.2, 0) is 10.2 Å². The average molecular weight is 456 g/mol. The summed E-state index contributed by atoms with van der Waals surface area (Å²) in [7, 11) is 0. The molecule has 0 saturated carbocycles. The van der Waals surface area contributed by atoms with Gasteiger partial charge in [0.25, 0.3) is 5.91 Å². The number of rotatable bonds is 6. The molecule has 0 atom stereocenters. The first-order valence-electron chi connectivity index (χ1n) is 10.9. The van der Waals surface area contributed by atoms with Crippen LogP contribution in [-0.4, -0.2) is 35.4 Å². The molecule has 2 heterocycles. The number of benzene rings is 2. The lowest BCUT2D eigenvalue weighted by Crippen LogP contribution is -2.44. The highest BCUT2D eigenvalue weighted by molar-refractivity contribution is 6.30. The number of halogens is 2. The fraction of sp³-hybridized carbons (Fsp3) is 0.360. The van der Waals surface area contributed by atoms with Crippen molar-refractivity contribution < 1.29 is 13.9 Å². The number of carbonyl (C=O) groups is 1. The summed E-state index contributed by atoms with van der Waals surface area (Å²) in [6.07, 6.45) is 3.04.